The molecule has 0 spiro atoms. The highest BCUT2D eigenvalue weighted by Crippen LogP contribution is 2.21. The van der Waals surface area contributed by atoms with Crippen LogP contribution in [0.5, 0.6) is 0 Å². The van der Waals surface area contributed by atoms with Crippen LogP contribution in [0.15, 0.2) is 23.1 Å². The molecule has 3 aromatic heterocycles. The average Bonchev–Trinajstić information content (AvgIpc) is 3.02. The predicted octanol–water partition coefficient (Wildman–Crippen LogP) is 1.60. The molecule has 164 valence electrons. The molecule has 4 rings (SSSR count). The maximum atomic E-state index is 12.5. The molecule has 9 nitrogen and oxygen atoms in total. The highest BCUT2D eigenvalue weighted by Gasteiger charge is 2.17. The molecule has 0 radical (unpaired) electrons. The quantitative estimate of drug-likeness (QED) is 0.647. The molecule has 0 bridgehead atoms. The van der Waals surface area contributed by atoms with Gasteiger partial charge in [0.1, 0.15) is 11.5 Å². The lowest BCUT2D eigenvalue weighted by atomic mass is 10.0. The first-order valence-corrected chi connectivity index (χ1v) is 10.6. The number of pyridine rings is 2. The number of aromatic nitrogens is 4. The first-order chi connectivity index (χ1) is 14.8. The predicted molar refractivity (Wildman–Crippen MR) is 122 cm³/mol. The summed E-state index contributed by atoms with van der Waals surface area (Å²) in [5.41, 5.74) is 3.58. The van der Waals surface area contributed by atoms with Crippen molar-refractivity contribution >= 4 is 28.4 Å². The number of nitrogens with zero attached hydrogens (tertiary/aromatic N) is 5. The zero-order chi connectivity index (χ0) is 22.1. The Morgan fingerprint density at radius 3 is 2.58 bits per heavy atom. The number of hydrogen-bond acceptors (Lipinski definition) is 6. The standard InChI is InChI=1S/C22H29N7O2/c1-14-17(22(31)25-21-20(14)15(2)26-28(21)4)6-8-19(30)24-16-5-7-18(23-13-16)29-11-9-27(3)10-12-29/h5,7,13H,6,8-12H2,1-4H3,(H,24,30)(H,25,31). The second-order valence-corrected chi connectivity index (χ2v) is 8.23. The van der Waals surface area contributed by atoms with Crippen molar-refractivity contribution in [1.29, 1.82) is 0 Å². The van der Waals surface area contributed by atoms with E-state index in [2.05, 4.69) is 37.2 Å². The fraction of sp³-hybridized carbons (Fsp3) is 0.455. The number of rotatable bonds is 5. The van der Waals surface area contributed by atoms with E-state index in [9.17, 15) is 9.59 Å². The van der Waals surface area contributed by atoms with Gasteiger partial charge in [-0.2, -0.15) is 5.10 Å². The third-order valence-electron chi connectivity index (χ3n) is 6.02. The van der Waals surface area contributed by atoms with Gasteiger partial charge in [0.05, 0.1) is 17.6 Å². The number of aryl methyl sites for hydroxylation is 3. The minimum atomic E-state index is -0.168. The maximum absolute atomic E-state index is 12.5. The summed E-state index contributed by atoms with van der Waals surface area (Å²) < 4.78 is 1.67. The number of piperazine rings is 1. The molecule has 0 atom stereocenters. The van der Waals surface area contributed by atoms with Crippen molar-refractivity contribution in [3.05, 3.63) is 45.5 Å². The van der Waals surface area contributed by atoms with Crippen LogP contribution < -0.4 is 15.8 Å². The number of anilines is 2. The SMILES string of the molecule is Cc1nn(C)c2[nH]c(=O)c(CCC(=O)Nc3ccc(N4CCN(C)CC4)nc3)c(C)c12. The second kappa shape index (κ2) is 8.50. The summed E-state index contributed by atoms with van der Waals surface area (Å²) in [6, 6.07) is 3.82. The van der Waals surface area contributed by atoms with Gasteiger partial charge in [-0.25, -0.2) is 4.98 Å². The number of aromatic amines is 1. The number of carbonyl (C=O) groups is 1. The molecule has 3 aromatic rings. The normalized spacial score (nSPS) is 14.9. The third kappa shape index (κ3) is 4.32. The van der Waals surface area contributed by atoms with E-state index < -0.39 is 0 Å². The Kier molecular flexibility index (Phi) is 5.77. The number of H-pyrrole nitrogens is 1. The largest absolute Gasteiger partial charge is 0.354 e. The molecule has 1 aliphatic heterocycles. The lowest BCUT2D eigenvalue weighted by molar-refractivity contribution is -0.116. The Morgan fingerprint density at radius 2 is 1.90 bits per heavy atom. The number of hydrogen-bond donors (Lipinski definition) is 2. The lowest BCUT2D eigenvalue weighted by Crippen LogP contribution is -2.44. The topological polar surface area (TPSA) is 99.1 Å². The van der Waals surface area contributed by atoms with Gasteiger partial charge in [-0.15, -0.1) is 0 Å². The molecule has 0 aromatic carbocycles. The van der Waals surface area contributed by atoms with Gasteiger partial charge in [0.2, 0.25) is 5.91 Å². The summed E-state index contributed by atoms with van der Waals surface area (Å²) in [6.45, 7) is 7.77. The summed E-state index contributed by atoms with van der Waals surface area (Å²) in [7, 11) is 3.93. The van der Waals surface area contributed by atoms with Crippen LogP contribution in [-0.2, 0) is 18.3 Å². The number of likely N-dealkylation sites (N-methyl/N-ethyl adjacent to an activating group) is 1. The molecule has 1 saturated heterocycles. The second-order valence-electron chi connectivity index (χ2n) is 8.23. The highest BCUT2D eigenvalue weighted by atomic mass is 16.1. The molecule has 1 fully saturated rings. The van der Waals surface area contributed by atoms with Gasteiger partial charge < -0.3 is 20.1 Å². The molecule has 4 heterocycles. The average molecular weight is 424 g/mol. The highest BCUT2D eigenvalue weighted by molar-refractivity contribution is 5.91. The van der Waals surface area contributed by atoms with Crippen LogP contribution >= 0.6 is 0 Å². The number of amides is 1. The number of carbonyl (C=O) groups excluding carboxylic acids is 1. The zero-order valence-corrected chi connectivity index (χ0v) is 18.5. The van der Waals surface area contributed by atoms with Crippen LogP contribution in [0.4, 0.5) is 11.5 Å². The summed E-state index contributed by atoms with van der Waals surface area (Å²) in [4.78, 5) is 37.0. The van der Waals surface area contributed by atoms with Gasteiger partial charge in [-0.05, 0) is 45.0 Å². The van der Waals surface area contributed by atoms with Crippen molar-refractivity contribution in [2.24, 2.45) is 7.05 Å². The van der Waals surface area contributed by atoms with E-state index in [-0.39, 0.29) is 17.9 Å². The van der Waals surface area contributed by atoms with Gasteiger partial charge in [0.25, 0.3) is 5.56 Å². The van der Waals surface area contributed by atoms with E-state index in [4.69, 9.17) is 0 Å². The minimum Gasteiger partial charge on any atom is -0.354 e. The van der Waals surface area contributed by atoms with Crippen molar-refractivity contribution in [2.45, 2.75) is 26.7 Å². The molecule has 1 aliphatic rings. The molecule has 1 amide bonds. The van der Waals surface area contributed by atoms with E-state index in [0.717, 1.165) is 48.6 Å². The van der Waals surface area contributed by atoms with E-state index in [0.29, 0.717) is 23.3 Å². The van der Waals surface area contributed by atoms with Crippen molar-refractivity contribution in [2.75, 3.05) is 43.4 Å². The molecular weight excluding hydrogens is 394 g/mol. The molecule has 0 unspecified atom stereocenters. The van der Waals surface area contributed by atoms with Crippen LogP contribution in [0.25, 0.3) is 11.0 Å². The Balaban J connectivity index is 1.39. The van der Waals surface area contributed by atoms with E-state index >= 15 is 0 Å². The third-order valence-corrected chi connectivity index (χ3v) is 6.02. The molecule has 31 heavy (non-hydrogen) atoms. The molecule has 2 N–H and O–H groups in total. The zero-order valence-electron chi connectivity index (χ0n) is 18.5. The summed E-state index contributed by atoms with van der Waals surface area (Å²) in [5, 5.41) is 8.21. The van der Waals surface area contributed by atoms with E-state index in [1.807, 2.05) is 26.0 Å². The molecular formula is C22H29N7O2. The van der Waals surface area contributed by atoms with Gasteiger partial charge in [0, 0.05) is 50.6 Å². The Labute approximate surface area is 181 Å². The van der Waals surface area contributed by atoms with Crippen molar-refractivity contribution in [3.63, 3.8) is 0 Å². The number of nitrogens with one attached hydrogen (secondary N) is 2. The molecule has 0 aliphatic carbocycles. The molecule has 0 saturated carbocycles. The van der Waals surface area contributed by atoms with Crippen molar-refractivity contribution in [3.8, 4) is 0 Å². The van der Waals surface area contributed by atoms with E-state index in [1.165, 1.54) is 0 Å². The van der Waals surface area contributed by atoms with Gasteiger partial charge in [-0.1, -0.05) is 0 Å². The molecule has 9 heteroatoms. The smallest absolute Gasteiger partial charge is 0.253 e. The van der Waals surface area contributed by atoms with Crippen LogP contribution in [0.2, 0.25) is 0 Å². The fourth-order valence-electron chi connectivity index (χ4n) is 4.20. The minimum absolute atomic E-state index is 0.143. The van der Waals surface area contributed by atoms with Gasteiger partial charge in [-0.3, -0.25) is 14.3 Å². The van der Waals surface area contributed by atoms with Crippen LogP contribution in [0.1, 0.15) is 23.2 Å². The van der Waals surface area contributed by atoms with Crippen LogP contribution in [0, 0.1) is 13.8 Å². The van der Waals surface area contributed by atoms with Crippen LogP contribution in [0.3, 0.4) is 0 Å². The number of fused-ring (bicyclic) bond motifs is 1. The Hall–Kier alpha value is -3.20. The van der Waals surface area contributed by atoms with Gasteiger partial charge in [0.15, 0.2) is 0 Å². The van der Waals surface area contributed by atoms with E-state index in [1.54, 1.807) is 17.9 Å². The monoisotopic (exact) mass is 423 g/mol. The lowest BCUT2D eigenvalue weighted by Gasteiger charge is -2.33. The summed E-state index contributed by atoms with van der Waals surface area (Å²) >= 11 is 0. The van der Waals surface area contributed by atoms with Crippen LogP contribution in [-0.4, -0.2) is 63.8 Å². The summed E-state index contributed by atoms with van der Waals surface area (Å²) in [6.07, 6.45) is 2.27. The van der Waals surface area contributed by atoms with Crippen molar-refractivity contribution < 1.29 is 4.79 Å². The fourth-order valence-corrected chi connectivity index (χ4v) is 4.20. The van der Waals surface area contributed by atoms with Gasteiger partial charge >= 0.3 is 0 Å². The Bertz CT molecular complexity index is 1160. The summed E-state index contributed by atoms with van der Waals surface area (Å²) in [5.74, 6) is 0.782. The first kappa shape index (κ1) is 21.0. The Morgan fingerprint density at radius 1 is 1.16 bits per heavy atom. The first-order valence-electron chi connectivity index (χ1n) is 10.6. The maximum Gasteiger partial charge on any atom is 0.253 e. The van der Waals surface area contributed by atoms with Crippen molar-refractivity contribution in [1.82, 2.24) is 24.6 Å².